The number of hydrogen-bond donors (Lipinski definition) is 0. The number of benzene rings is 2. The van der Waals surface area contributed by atoms with Crippen molar-refractivity contribution in [3.63, 3.8) is 0 Å². The van der Waals surface area contributed by atoms with E-state index >= 15 is 0 Å². The van der Waals surface area contributed by atoms with Gasteiger partial charge >= 0.3 is 0 Å². The number of hydrogen-bond acceptors (Lipinski definition) is 1. The third-order valence-corrected chi connectivity index (χ3v) is 2.50. The van der Waals surface area contributed by atoms with E-state index in [0.29, 0.717) is 5.56 Å². The summed E-state index contributed by atoms with van der Waals surface area (Å²) in [7, 11) is 0. The average molecular weight is 256 g/mol. The van der Waals surface area contributed by atoms with Gasteiger partial charge in [0.15, 0.2) is 0 Å². The Morgan fingerprint density at radius 3 is 1.79 bits per heavy atom. The maximum Gasteiger partial charge on any atom is 0.150 e. The van der Waals surface area contributed by atoms with Crippen molar-refractivity contribution in [3.8, 4) is 11.1 Å². The number of rotatable bonds is 2. The van der Waals surface area contributed by atoms with Gasteiger partial charge in [0, 0.05) is 5.56 Å². The fourth-order valence-electron chi connectivity index (χ4n) is 1.64. The summed E-state index contributed by atoms with van der Waals surface area (Å²) in [5.41, 5.74) is 4.33. The fourth-order valence-corrected chi connectivity index (χ4v) is 1.64. The topological polar surface area (TPSA) is 17.1 Å². The Morgan fingerprint density at radius 1 is 0.789 bits per heavy atom. The van der Waals surface area contributed by atoms with Crippen LogP contribution in [-0.4, -0.2) is 6.29 Å². The summed E-state index contributed by atoms with van der Waals surface area (Å²) in [5, 5.41) is 0. The minimum absolute atomic E-state index is 0.715. The molecule has 2 rings (SSSR count). The molecule has 0 radical (unpaired) electrons. The second-order valence-corrected chi connectivity index (χ2v) is 3.55. The third-order valence-electron chi connectivity index (χ3n) is 2.50. The normalized spacial score (nSPS) is 8.47. The zero-order valence-corrected chi connectivity index (χ0v) is 12.6. The Hall–Kier alpha value is -1.89. The summed E-state index contributed by atoms with van der Waals surface area (Å²) >= 11 is 0. The van der Waals surface area contributed by atoms with E-state index in [-0.39, 0.29) is 0 Å². The van der Waals surface area contributed by atoms with E-state index in [9.17, 15) is 4.79 Å². The van der Waals surface area contributed by atoms with Crippen LogP contribution in [0.5, 0.6) is 0 Å². The molecule has 19 heavy (non-hydrogen) atoms. The summed E-state index contributed by atoms with van der Waals surface area (Å²) in [6.07, 6.45) is 0.863. The van der Waals surface area contributed by atoms with Crippen LogP contribution in [0.1, 0.15) is 43.6 Å². The molecule has 0 atom stereocenters. The molecule has 0 saturated heterocycles. The second-order valence-electron chi connectivity index (χ2n) is 3.55. The van der Waals surface area contributed by atoms with Crippen LogP contribution in [0.2, 0.25) is 0 Å². The number of carbonyl (C=O) groups excluding carboxylic acids is 1. The largest absolute Gasteiger partial charge is 0.298 e. The van der Waals surface area contributed by atoms with E-state index in [4.69, 9.17) is 0 Å². The van der Waals surface area contributed by atoms with Crippen molar-refractivity contribution in [2.24, 2.45) is 0 Å². The van der Waals surface area contributed by atoms with E-state index in [0.717, 1.165) is 11.8 Å². The van der Waals surface area contributed by atoms with Crippen LogP contribution in [0.3, 0.4) is 0 Å². The van der Waals surface area contributed by atoms with Crippen molar-refractivity contribution >= 4 is 6.29 Å². The number of carbonyl (C=O) groups is 1. The highest BCUT2D eigenvalue weighted by Gasteiger charge is 1.99. The van der Waals surface area contributed by atoms with E-state index < -0.39 is 0 Å². The lowest BCUT2D eigenvalue weighted by Gasteiger charge is -2.05. The Labute approximate surface area is 117 Å². The Morgan fingerprint density at radius 2 is 1.32 bits per heavy atom. The van der Waals surface area contributed by atoms with Crippen molar-refractivity contribution in [2.45, 2.75) is 34.6 Å². The lowest BCUT2D eigenvalue weighted by molar-refractivity contribution is 0.112. The Balaban J connectivity index is 0.000000741. The van der Waals surface area contributed by atoms with Crippen molar-refractivity contribution in [1.29, 1.82) is 0 Å². The lowest BCUT2D eigenvalue weighted by atomic mass is 10.00. The van der Waals surface area contributed by atoms with E-state index in [1.165, 1.54) is 11.1 Å². The molecule has 102 valence electrons. The first-order chi connectivity index (χ1) is 9.31. The molecule has 0 unspecified atom stereocenters. The van der Waals surface area contributed by atoms with E-state index in [1.54, 1.807) is 0 Å². The summed E-state index contributed by atoms with van der Waals surface area (Å²) in [6, 6.07) is 15.9. The Kier molecular flexibility index (Phi) is 9.07. The number of aryl methyl sites for hydroxylation is 1. The summed E-state index contributed by atoms with van der Waals surface area (Å²) in [4.78, 5) is 10.5. The zero-order valence-electron chi connectivity index (χ0n) is 12.6. The minimum atomic E-state index is 0.715. The van der Waals surface area contributed by atoms with Crippen LogP contribution < -0.4 is 0 Å². The first kappa shape index (κ1) is 17.1. The van der Waals surface area contributed by atoms with Gasteiger partial charge in [-0.2, -0.15) is 0 Å². The van der Waals surface area contributed by atoms with Crippen LogP contribution >= 0.6 is 0 Å². The SMILES string of the molecule is CC.CC.Cc1ccccc1-c1ccc(C=O)cc1. The van der Waals surface area contributed by atoms with Crippen LogP contribution in [0.25, 0.3) is 11.1 Å². The predicted octanol–water partition coefficient (Wildman–Crippen LogP) is 5.53. The van der Waals surface area contributed by atoms with Crippen molar-refractivity contribution in [1.82, 2.24) is 0 Å². The monoisotopic (exact) mass is 256 g/mol. The van der Waals surface area contributed by atoms with Gasteiger partial charge in [0.2, 0.25) is 0 Å². The first-order valence-electron chi connectivity index (χ1n) is 6.92. The zero-order chi connectivity index (χ0) is 14.7. The molecule has 0 aliphatic carbocycles. The first-order valence-corrected chi connectivity index (χ1v) is 6.92. The summed E-state index contributed by atoms with van der Waals surface area (Å²) in [6.45, 7) is 10.1. The summed E-state index contributed by atoms with van der Waals surface area (Å²) in [5.74, 6) is 0. The van der Waals surface area contributed by atoms with Crippen LogP contribution in [0.4, 0.5) is 0 Å². The van der Waals surface area contributed by atoms with Crippen molar-refractivity contribution in [2.75, 3.05) is 0 Å². The smallest absolute Gasteiger partial charge is 0.150 e. The highest BCUT2D eigenvalue weighted by molar-refractivity contribution is 5.77. The van der Waals surface area contributed by atoms with E-state index in [2.05, 4.69) is 19.1 Å². The molecule has 0 saturated carbocycles. The molecule has 0 N–H and O–H groups in total. The molecule has 0 aliphatic rings. The maximum atomic E-state index is 10.5. The standard InChI is InChI=1S/C14H12O.2C2H6/c1-11-4-2-3-5-14(11)13-8-6-12(10-15)7-9-13;2*1-2/h2-10H,1H3;2*1-2H3. The quantitative estimate of drug-likeness (QED) is 0.646. The second kappa shape index (κ2) is 10.1. The molecule has 2 aromatic rings. The number of aldehydes is 1. The molecule has 0 aliphatic heterocycles. The third kappa shape index (κ3) is 5.09. The van der Waals surface area contributed by atoms with Gasteiger partial charge in [-0.1, -0.05) is 76.2 Å². The van der Waals surface area contributed by atoms with Gasteiger partial charge in [-0.25, -0.2) is 0 Å². The van der Waals surface area contributed by atoms with Gasteiger partial charge in [0.05, 0.1) is 0 Å². The molecule has 0 aromatic heterocycles. The molecule has 2 aromatic carbocycles. The molecule has 0 heterocycles. The van der Waals surface area contributed by atoms with Gasteiger partial charge < -0.3 is 0 Å². The Bertz CT molecular complexity index is 469. The van der Waals surface area contributed by atoms with E-state index in [1.807, 2.05) is 64.1 Å². The van der Waals surface area contributed by atoms with Crippen LogP contribution in [0, 0.1) is 6.92 Å². The highest BCUT2D eigenvalue weighted by atomic mass is 16.1. The molecule has 0 spiro atoms. The molecular weight excluding hydrogens is 232 g/mol. The predicted molar refractivity (Wildman–Crippen MR) is 84.7 cm³/mol. The average Bonchev–Trinajstić information content (AvgIpc) is 2.52. The molecule has 0 amide bonds. The fraction of sp³-hybridized carbons (Fsp3) is 0.278. The molecule has 0 bridgehead atoms. The molecule has 1 nitrogen and oxygen atoms in total. The summed E-state index contributed by atoms with van der Waals surface area (Å²) < 4.78 is 0. The van der Waals surface area contributed by atoms with Crippen LogP contribution in [-0.2, 0) is 0 Å². The van der Waals surface area contributed by atoms with Gasteiger partial charge in [0.25, 0.3) is 0 Å². The highest BCUT2D eigenvalue weighted by Crippen LogP contribution is 2.22. The minimum Gasteiger partial charge on any atom is -0.298 e. The van der Waals surface area contributed by atoms with Gasteiger partial charge in [-0.15, -0.1) is 0 Å². The molecular formula is C18H24O. The van der Waals surface area contributed by atoms with Gasteiger partial charge in [-0.05, 0) is 23.6 Å². The van der Waals surface area contributed by atoms with Crippen molar-refractivity contribution in [3.05, 3.63) is 59.7 Å². The lowest BCUT2D eigenvalue weighted by Crippen LogP contribution is -1.84. The van der Waals surface area contributed by atoms with Crippen LogP contribution in [0.15, 0.2) is 48.5 Å². The van der Waals surface area contributed by atoms with Gasteiger partial charge in [-0.3, -0.25) is 4.79 Å². The van der Waals surface area contributed by atoms with Crippen molar-refractivity contribution < 1.29 is 4.79 Å². The van der Waals surface area contributed by atoms with Gasteiger partial charge in [0.1, 0.15) is 6.29 Å². The molecule has 1 heteroatoms. The maximum absolute atomic E-state index is 10.5. The molecule has 0 fully saturated rings.